The molecule has 25 heavy (non-hydrogen) atoms. The van der Waals surface area contributed by atoms with Gasteiger partial charge < -0.3 is 5.32 Å². The Hall–Kier alpha value is -3.02. The van der Waals surface area contributed by atoms with Crippen molar-refractivity contribution in [1.29, 1.82) is 0 Å². The van der Waals surface area contributed by atoms with Gasteiger partial charge in [0.2, 0.25) is 11.7 Å². The lowest BCUT2D eigenvalue weighted by Crippen LogP contribution is -2.23. The third kappa shape index (κ3) is 4.09. The number of rotatable bonds is 4. The van der Waals surface area contributed by atoms with Crippen LogP contribution < -0.4 is 5.32 Å². The van der Waals surface area contributed by atoms with E-state index < -0.39 is 0 Å². The number of hydrogen-bond acceptors (Lipinski definition) is 4. The van der Waals surface area contributed by atoms with Crippen molar-refractivity contribution in [1.82, 2.24) is 20.2 Å². The van der Waals surface area contributed by atoms with Gasteiger partial charge in [-0.2, -0.15) is 4.80 Å². The number of carbonyl (C=O) groups is 1. The number of benzene rings is 2. The van der Waals surface area contributed by atoms with Crippen LogP contribution in [0.1, 0.15) is 26.3 Å². The molecule has 0 radical (unpaired) electrons. The standard InChI is InChI=1S/C19H21N5O/c1-19(2,3)15-11-7-8-12-16(15)20-17(25)13-24-22-18(21-23-24)14-9-5-4-6-10-14/h4-12H,13H2,1-3H3,(H,20,25). The van der Waals surface area contributed by atoms with E-state index in [0.717, 1.165) is 16.8 Å². The molecule has 128 valence electrons. The van der Waals surface area contributed by atoms with Crippen molar-refractivity contribution in [3.05, 3.63) is 60.2 Å². The average Bonchev–Trinajstić information content (AvgIpc) is 3.03. The summed E-state index contributed by atoms with van der Waals surface area (Å²) in [5.74, 6) is 0.317. The largest absolute Gasteiger partial charge is 0.324 e. The lowest BCUT2D eigenvalue weighted by molar-refractivity contribution is -0.117. The lowest BCUT2D eigenvalue weighted by atomic mass is 9.86. The molecule has 6 heteroatoms. The summed E-state index contributed by atoms with van der Waals surface area (Å²) in [6.45, 7) is 6.35. The molecular weight excluding hydrogens is 314 g/mol. The fourth-order valence-electron chi connectivity index (χ4n) is 2.58. The summed E-state index contributed by atoms with van der Waals surface area (Å²) in [7, 11) is 0. The van der Waals surface area contributed by atoms with E-state index in [-0.39, 0.29) is 17.9 Å². The van der Waals surface area contributed by atoms with Gasteiger partial charge in [0.15, 0.2) is 0 Å². The predicted octanol–water partition coefficient (Wildman–Crippen LogP) is 3.28. The van der Waals surface area contributed by atoms with Gasteiger partial charge in [-0.05, 0) is 22.3 Å². The maximum atomic E-state index is 12.4. The van der Waals surface area contributed by atoms with E-state index in [1.54, 1.807) is 0 Å². The number of amides is 1. The summed E-state index contributed by atoms with van der Waals surface area (Å²) in [4.78, 5) is 13.7. The maximum Gasteiger partial charge on any atom is 0.248 e. The molecule has 0 saturated carbocycles. The van der Waals surface area contributed by atoms with Crippen molar-refractivity contribution < 1.29 is 4.79 Å². The maximum absolute atomic E-state index is 12.4. The van der Waals surface area contributed by atoms with Crippen molar-refractivity contribution >= 4 is 11.6 Å². The Kier molecular flexibility index (Phi) is 4.61. The van der Waals surface area contributed by atoms with Crippen molar-refractivity contribution in [2.75, 3.05) is 5.32 Å². The third-order valence-corrected chi connectivity index (χ3v) is 3.78. The molecule has 3 rings (SSSR count). The van der Waals surface area contributed by atoms with E-state index in [1.807, 2.05) is 54.6 Å². The number of anilines is 1. The number of aromatic nitrogens is 4. The van der Waals surface area contributed by atoms with Gasteiger partial charge in [-0.25, -0.2) is 0 Å². The Balaban J connectivity index is 1.71. The topological polar surface area (TPSA) is 72.7 Å². The molecule has 0 saturated heterocycles. The first-order chi connectivity index (χ1) is 11.9. The fraction of sp³-hybridized carbons (Fsp3) is 0.263. The second-order valence-electron chi connectivity index (χ2n) is 6.85. The van der Waals surface area contributed by atoms with E-state index in [2.05, 4.69) is 41.5 Å². The number of hydrogen-bond donors (Lipinski definition) is 1. The molecule has 1 N–H and O–H groups in total. The number of carbonyl (C=O) groups excluding carboxylic acids is 1. The zero-order valence-corrected chi connectivity index (χ0v) is 14.6. The Morgan fingerprint density at radius 2 is 1.72 bits per heavy atom. The molecule has 6 nitrogen and oxygen atoms in total. The van der Waals surface area contributed by atoms with Crippen LogP contribution in [-0.2, 0) is 16.8 Å². The molecule has 1 heterocycles. The summed E-state index contributed by atoms with van der Waals surface area (Å²) in [6, 6.07) is 17.4. The molecule has 0 bridgehead atoms. The lowest BCUT2D eigenvalue weighted by Gasteiger charge is -2.22. The molecule has 1 amide bonds. The summed E-state index contributed by atoms with van der Waals surface area (Å²) in [5, 5.41) is 15.2. The molecule has 0 aliphatic carbocycles. The Labute approximate surface area is 146 Å². The van der Waals surface area contributed by atoms with E-state index >= 15 is 0 Å². The van der Waals surface area contributed by atoms with Gasteiger partial charge in [0.1, 0.15) is 6.54 Å². The average molecular weight is 335 g/mol. The first-order valence-electron chi connectivity index (χ1n) is 8.16. The Bertz CT molecular complexity index is 865. The van der Waals surface area contributed by atoms with E-state index in [1.165, 1.54) is 4.80 Å². The quantitative estimate of drug-likeness (QED) is 0.794. The molecule has 0 aliphatic heterocycles. The van der Waals surface area contributed by atoms with E-state index in [9.17, 15) is 4.79 Å². The normalized spacial score (nSPS) is 11.3. The second kappa shape index (κ2) is 6.84. The summed E-state index contributed by atoms with van der Waals surface area (Å²) < 4.78 is 0. The highest BCUT2D eigenvalue weighted by Crippen LogP contribution is 2.29. The van der Waals surface area contributed by atoms with Crippen LogP contribution in [0.2, 0.25) is 0 Å². The van der Waals surface area contributed by atoms with Crippen LogP contribution in [-0.4, -0.2) is 26.1 Å². The van der Waals surface area contributed by atoms with Gasteiger partial charge in [0, 0.05) is 11.3 Å². The number of para-hydroxylation sites is 1. The van der Waals surface area contributed by atoms with Crippen molar-refractivity contribution in [3.63, 3.8) is 0 Å². The van der Waals surface area contributed by atoms with E-state index in [0.29, 0.717) is 5.82 Å². The third-order valence-electron chi connectivity index (χ3n) is 3.78. The van der Waals surface area contributed by atoms with Gasteiger partial charge >= 0.3 is 0 Å². The van der Waals surface area contributed by atoms with Gasteiger partial charge in [-0.1, -0.05) is 69.3 Å². The van der Waals surface area contributed by atoms with Gasteiger partial charge in [-0.3, -0.25) is 4.79 Å². The minimum atomic E-state index is -0.186. The van der Waals surface area contributed by atoms with Gasteiger partial charge in [0.05, 0.1) is 0 Å². The fourth-order valence-corrected chi connectivity index (χ4v) is 2.58. The highest BCUT2D eigenvalue weighted by molar-refractivity contribution is 5.91. The molecular formula is C19H21N5O. The highest BCUT2D eigenvalue weighted by atomic mass is 16.2. The molecule has 0 fully saturated rings. The van der Waals surface area contributed by atoms with Crippen LogP contribution in [0.5, 0.6) is 0 Å². The first-order valence-corrected chi connectivity index (χ1v) is 8.16. The van der Waals surface area contributed by atoms with Crippen molar-refractivity contribution in [2.45, 2.75) is 32.7 Å². The van der Waals surface area contributed by atoms with Crippen LogP contribution in [0.3, 0.4) is 0 Å². The molecule has 1 aromatic heterocycles. The molecule has 0 aliphatic rings. The zero-order valence-electron chi connectivity index (χ0n) is 14.6. The number of nitrogens with zero attached hydrogens (tertiary/aromatic N) is 4. The highest BCUT2D eigenvalue weighted by Gasteiger charge is 2.19. The molecule has 3 aromatic rings. The summed E-state index contributed by atoms with van der Waals surface area (Å²) in [6.07, 6.45) is 0. The van der Waals surface area contributed by atoms with E-state index in [4.69, 9.17) is 0 Å². The second-order valence-corrected chi connectivity index (χ2v) is 6.85. The van der Waals surface area contributed by atoms with Crippen LogP contribution in [0.25, 0.3) is 11.4 Å². The predicted molar refractivity (Wildman–Crippen MR) is 97.0 cm³/mol. The molecule has 0 atom stereocenters. The Morgan fingerprint density at radius 1 is 1.04 bits per heavy atom. The van der Waals surface area contributed by atoms with Gasteiger partial charge in [0.25, 0.3) is 0 Å². The first kappa shape index (κ1) is 16.8. The van der Waals surface area contributed by atoms with Crippen molar-refractivity contribution in [3.8, 4) is 11.4 Å². The van der Waals surface area contributed by atoms with Crippen LogP contribution in [0, 0.1) is 0 Å². The smallest absolute Gasteiger partial charge is 0.248 e. The minimum absolute atomic E-state index is 0.0122. The SMILES string of the molecule is CC(C)(C)c1ccccc1NC(=O)Cn1nnc(-c2ccccc2)n1. The summed E-state index contributed by atoms with van der Waals surface area (Å²) in [5.41, 5.74) is 2.70. The number of tetrazole rings is 1. The molecule has 0 spiro atoms. The Morgan fingerprint density at radius 3 is 2.44 bits per heavy atom. The number of nitrogens with one attached hydrogen (secondary N) is 1. The van der Waals surface area contributed by atoms with Crippen molar-refractivity contribution in [2.24, 2.45) is 0 Å². The zero-order chi connectivity index (χ0) is 17.9. The van der Waals surface area contributed by atoms with Crippen LogP contribution in [0.4, 0.5) is 5.69 Å². The molecule has 0 unspecified atom stereocenters. The van der Waals surface area contributed by atoms with Crippen LogP contribution >= 0.6 is 0 Å². The monoisotopic (exact) mass is 335 g/mol. The summed E-state index contributed by atoms with van der Waals surface area (Å²) >= 11 is 0. The minimum Gasteiger partial charge on any atom is -0.324 e. The van der Waals surface area contributed by atoms with Gasteiger partial charge in [-0.15, -0.1) is 10.2 Å². The van der Waals surface area contributed by atoms with Crippen LogP contribution in [0.15, 0.2) is 54.6 Å². The molecule has 2 aromatic carbocycles.